The number of carbonyl (C=O) groups is 2. The summed E-state index contributed by atoms with van der Waals surface area (Å²) in [5, 5.41) is 28.3. The van der Waals surface area contributed by atoms with Crippen LogP contribution in [0.2, 0.25) is 0 Å². The zero-order valence-corrected chi connectivity index (χ0v) is 10.2. The monoisotopic (exact) mass is 269 g/mol. The van der Waals surface area contributed by atoms with Crippen molar-refractivity contribution >= 4 is 17.6 Å². The molecule has 0 bridgehead atoms. The quantitative estimate of drug-likeness (QED) is 0.434. The Hall–Kier alpha value is -2.12. The lowest BCUT2D eigenvalue weighted by atomic mass is 10.0. The van der Waals surface area contributed by atoms with E-state index in [9.17, 15) is 19.8 Å². The molecule has 7 nitrogen and oxygen atoms in total. The normalized spacial score (nSPS) is 13.6. The highest BCUT2D eigenvalue weighted by Gasteiger charge is 2.27. The minimum Gasteiger partial charge on any atom is -0.478 e. The number of aromatic carboxylic acids is 1. The van der Waals surface area contributed by atoms with Gasteiger partial charge in [0.2, 0.25) is 0 Å². The number of ether oxygens (including phenoxy) is 1. The number of carbonyl (C=O) groups excluding carboxylic acids is 1. The number of anilines is 1. The Labute approximate surface area is 109 Å². The first-order valence-electron chi connectivity index (χ1n) is 5.54. The lowest BCUT2D eigenvalue weighted by Crippen LogP contribution is -2.30. The van der Waals surface area contributed by atoms with Crippen molar-refractivity contribution in [3.05, 3.63) is 29.3 Å². The van der Waals surface area contributed by atoms with Crippen molar-refractivity contribution in [1.29, 1.82) is 0 Å². The van der Waals surface area contributed by atoms with E-state index in [4.69, 9.17) is 10.8 Å². The Kier molecular flexibility index (Phi) is 4.85. The van der Waals surface area contributed by atoms with Crippen molar-refractivity contribution < 1.29 is 29.6 Å². The number of aliphatic hydroxyl groups is 2. The number of rotatable bonds is 5. The highest BCUT2D eigenvalue weighted by atomic mass is 16.5. The zero-order chi connectivity index (χ0) is 14.6. The highest BCUT2D eigenvalue weighted by molar-refractivity contribution is 5.93. The summed E-state index contributed by atoms with van der Waals surface area (Å²) in [6, 6.07) is 3.71. The molecule has 0 spiro atoms. The Morgan fingerprint density at radius 2 is 2.00 bits per heavy atom. The Morgan fingerprint density at radius 3 is 2.53 bits per heavy atom. The average molecular weight is 269 g/mol. The Bertz CT molecular complexity index is 487. The van der Waals surface area contributed by atoms with Gasteiger partial charge in [0.25, 0.3) is 0 Å². The van der Waals surface area contributed by atoms with Crippen LogP contribution in [0.25, 0.3) is 0 Å². The molecule has 2 unspecified atom stereocenters. The second kappa shape index (κ2) is 6.17. The van der Waals surface area contributed by atoms with Gasteiger partial charge in [0, 0.05) is 5.69 Å². The molecule has 0 saturated heterocycles. The summed E-state index contributed by atoms with van der Waals surface area (Å²) in [6.45, 7) is 1.62. The number of carboxylic acids is 1. The van der Waals surface area contributed by atoms with Gasteiger partial charge in [-0.15, -0.1) is 0 Å². The van der Waals surface area contributed by atoms with Gasteiger partial charge in [0.1, 0.15) is 6.10 Å². The maximum Gasteiger partial charge on any atom is 0.338 e. The fourth-order valence-electron chi connectivity index (χ4n) is 1.48. The van der Waals surface area contributed by atoms with Crippen molar-refractivity contribution in [2.75, 3.05) is 12.3 Å². The maximum absolute atomic E-state index is 11.3. The summed E-state index contributed by atoms with van der Waals surface area (Å²) < 4.78 is 4.56. The van der Waals surface area contributed by atoms with Crippen LogP contribution in [0.4, 0.5) is 5.69 Å². The summed E-state index contributed by atoms with van der Waals surface area (Å²) in [5.41, 5.74) is 5.33. The molecular formula is C12H15NO6. The van der Waals surface area contributed by atoms with Crippen LogP contribution in [0.5, 0.6) is 0 Å². The van der Waals surface area contributed by atoms with Gasteiger partial charge in [0.15, 0.2) is 6.10 Å². The predicted molar refractivity (Wildman–Crippen MR) is 65.4 cm³/mol. The summed E-state index contributed by atoms with van der Waals surface area (Å²) in [4.78, 5) is 22.2. The molecule has 7 heteroatoms. The first-order valence-corrected chi connectivity index (χ1v) is 5.54. The van der Waals surface area contributed by atoms with Crippen LogP contribution in [-0.2, 0) is 9.53 Å². The average Bonchev–Trinajstić information content (AvgIpc) is 2.37. The van der Waals surface area contributed by atoms with E-state index in [1.807, 2.05) is 0 Å². The first kappa shape index (κ1) is 14.9. The molecule has 0 aliphatic carbocycles. The molecule has 2 atom stereocenters. The van der Waals surface area contributed by atoms with E-state index in [0.717, 1.165) is 6.07 Å². The molecule has 1 aromatic rings. The van der Waals surface area contributed by atoms with Crippen molar-refractivity contribution in [1.82, 2.24) is 0 Å². The largest absolute Gasteiger partial charge is 0.478 e. The molecule has 0 radical (unpaired) electrons. The Morgan fingerprint density at radius 1 is 1.37 bits per heavy atom. The van der Waals surface area contributed by atoms with Crippen LogP contribution in [0.3, 0.4) is 0 Å². The molecule has 0 saturated carbocycles. The molecule has 1 rings (SSSR count). The third kappa shape index (κ3) is 3.43. The molecule has 0 aromatic heterocycles. The SMILES string of the molecule is CCOC(=O)C(O)C(O)c1ccc(N)c(C(=O)O)c1. The molecule has 0 heterocycles. The van der Waals surface area contributed by atoms with E-state index < -0.39 is 24.1 Å². The number of nitrogens with two attached hydrogens (primary N) is 1. The van der Waals surface area contributed by atoms with E-state index >= 15 is 0 Å². The van der Waals surface area contributed by atoms with Crippen LogP contribution < -0.4 is 5.73 Å². The fourth-order valence-corrected chi connectivity index (χ4v) is 1.48. The minimum absolute atomic E-state index is 0.0223. The second-order valence-corrected chi connectivity index (χ2v) is 3.79. The number of esters is 1. The smallest absolute Gasteiger partial charge is 0.338 e. The van der Waals surface area contributed by atoms with Gasteiger partial charge in [-0.1, -0.05) is 6.07 Å². The number of benzene rings is 1. The van der Waals surface area contributed by atoms with Gasteiger partial charge in [-0.05, 0) is 24.6 Å². The first-order chi connectivity index (χ1) is 8.88. The van der Waals surface area contributed by atoms with E-state index in [1.165, 1.54) is 12.1 Å². The van der Waals surface area contributed by atoms with Gasteiger partial charge in [-0.3, -0.25) is 0 Å². The van der Waals surface area contributed by atoms with Gasteiger partial charge >= 0.3 is 11.9 Å². The number of hydrogen-bond acceptors (Lipinski definition) is 6. The molecule has 5 N–H and O–H groups in total. The molecule has 0 aliphatic rings. The fraction of sp³-hybridized carbons (Fsp3) is 0.333. The molecule has 1 aromatic carbocycles. The van der Waals surface area contributed by atoms with Gasteiger partial charge < -0.3 is 25.8 Å². The molecule has 104 valence electrons. The lowest BCUT2D eigenvalue weighted by Gasteiger charge is -2.17. The molecular weight excluding hydrogens is 254 g/mol. The second-order valence-electron chi connectivity index (χ2n) is 3.79. The van der Waals surface area contributed by atoms with Gasteiger partial charge in [0.05, 0.1) is 12.2 Å². The van der Waals surface area contributed by atoms with Crippen LogP contribution in [0.1, 0.15) is 28.9 Å². The summed E-state index contributed by atoms with van der Waals surface area (Å²) in [5.74, 6) is -2.25. The minimum atomic E-state index is -1.79. The summed E-state index contributed by atoms with van der Waals surface area (Å²) in [7, 11) is 0. The topological polar surface area (TPSA) is 130 Å². The van der Waals surface area contributed by atoms with E-state index in [-0.39, 0.29) is 23.4 Å². The van der Waals surface area contributed by atoms with Crippen LogP contribution in [0.15, 0.2) is 18.2 Å². The van der Waals surface area contributed by atoms with E-state index in [2.05, 4.69) is 4.74 Å². The molecule has 0 amide bonds. The number of aliphatic hydroxyl groups excluding tert-OH is 2. The van der Waals surface area contributed by atoms with Crippen molar-refractivity contribution in [2.24, 2.45) is 0 Å². The lowest BCUT2D eigenvalue weighted by molar-refractivity contribution is -0.159. The highest BCUT2D eigenvalue weighted by Crippen LogP contribution is 2.22. The number of nitrogen functional groups attached to an aromatic ring is 1. The maximum atomic E-state index is 11.3. The zero-order valence-electron chi connectivity index (χ0n) is 10.2. The Balaban J connectivity index is 3.00. The van der Waals surface area contributed by atoms with Crippen LogP contribution in [-0.4, -0.2) is 40.0 Å². The van der Waals surface area contributed by atoms with Crippen molar-refractivity contribution in [2.45, 2.75) is 19.1 Å². The van der Waals surface area contributed by atoms with E-state index in [0.29, 0.717) is 0 Å². The number of hydrogen-bond donors (Lipinski definition) is 4. The predicted octanol–water partition coefficient (Wildman–Crippen LogP) is -0.0756. The van der Waals surface area contributed by atoms with Crippen molar-refractivity contribution in [3.63, 3.8) is 0 Å². The summed E-state index contributed by atoms with van der Waals surface area (Å²) in [6.07, 6.45) is -3.37. The molecule has 0 fully saturated rings. The van der Waals surface area contributed by atoms with Gasteiger partial charge in [-0.2, -0.15) is 0 Å². The third-order valence-corrected chi connectivity index (χ3v) is 2.48. The molecule has 19 heavy (non-hydrogen) atoms. The standard InChI is InChI=1S/C12H15NO6/c1-2-19-12(18)10(15)9(14)6-3-4-8(13)7(5-6)11(16)17/h3-5,9-10,14-15H,2,13H2,1H3,(H,16,17). The van der Waals surface area contributed by atoms with E-state index in [1.54, 1.807) is 6.92 Å². The number of carboxylic acid groups (broad SMARTS) is 1. The van der Waals surface area contributed by atoms with Crippen LogP contribution in [0, 0.1) is 0 Å². The van der Waals surface area contributed by atoms with Crippen LogP contribution >= 0.6 is 0 Å². The molecule has 0 aliphatic heterocycles. The van der Waals surface area contributed by atoms with Crippen molar-refractivity contribution in [3.8, 4) is 0 Å². The third-order valence-electron chi connectivity index (χ3n) is 2.48. The van der Waals surface area contributed by atoms with Gasteiger partial charge in [-0.25, -0.2) is 9.59 Å². The summed E-state index contributed by atoms with van der Waals surface area (Å²) >= 11 is 0.